The third-order valence-corrected chi connectivity index (χ3v) is 5.94. The summed E-state index contributed by atoms with van der Waals surface area (Å²) in [5.74, 6) is 2.69. The Balaban J connectivity index is 0.00000289. The molecule has 10 heteroatoms. The third kappa shape index (κ3) is 5.97. The average Bonchev–Trinajstić information content (AvgIpc) is 3.45. The minimum atomic E-state index is -0.255. The summed E-state index contributed by atoms with van der Waals surface area (Å²) in [6.07, 6.45) is 1.55. The smallest absolute Gasteiger partial charge is 0.251 e. The van der Waals surface area contributed by atoms with Gasteiger partial charge in [-0.3, -0.25) is 4.79 Å². The molecule has 1 atom stereocenters. The zero-order valence-corrected chi connectivity index (χ0v) is 21.1. The number of carbonyl (C=O) groups excluding carboxylic acids is 1. The molecule has 2 fully saturated rings. The summed E-state index contributed by atoms with van der Waals surface area (Å²) in [6, 6.07) is 10.2. The van der Waals surface area contributed by atoms with Gasteiger partial charge in [0.2, 0.25) is 0 Å². The van der Waals surface area contributed by atoms with Gasteiger partial charge >= 0.3 is 0 Å². The molecule has 2 aliphatic rings. The molecule has 0 spiro atoms. The van der Waals surface area contributed by atoms with Gasteiger partial charge < -0.3 is 24.4 Å². The Hall–Kier alpha value is -2.21. The van der Waals surface area contributed by atoms with E-state index in [4.69, 9.17) is 9.73 Å². The lowest BCUT2D eigenvalue weighted by atomic mass is 10.2. The number of benzene rings is 1. The molecule has 0 radical (unpaired) electrons. The number of halogens is 1. The molecule has 1 aromatic carbocycles. The Kier molecular flexibility index (Phi) is 8.85. The van der Waals surface area contributed by atoms with Crippen LogP contribution in [0.15, 0.2) is 35.3 Å². The second-order valence-corrected chi connectivity index (χ2v) is 8.02. The van der Waals surface area contributed by atoms with E-state index >= 15 is 0 Å². The van der Waals surface area contributed by atoms with E-state index in [0.29, 0.717) is 32.8 Å². The van der Waals surface area contributed by atoms with Crippen molar-refractivity contribution in [2.45, 2.75) is 39.0 Å². The molecule has 0 saturated carbocycles. The predicted octanol–water partition coefficient (Wildman–Crippen LogP) is 1.71. The zero-order chi connectivity index (χ0) is 21.6. The van der Waals surface area contributed by atoms with Crippen LogP contribution in [0.25, 0.3) is 0 Å². The maximum absolute atomic E-state index is 12.7. The van der Waals surface area contributed by atoms with Crippen molar-refractivity contribution in [1.29, 1.82) is 0 Å². The van der Waals surface area contributed by atoms with Crippen LogP contribution in [-0.4, -0.2) is 75.3 Å². The number of nitrogens with one attached hydrogen (secondary N) is 1. The van der Waals surface area contributed by atoms with Crippen molar-refractivity contribution in [1.82, 2.24) is 29.9 Å². The highest BCUT2D eigenvalue weighted by Crippen LogP contribution is 2.16. The minimum Gasteiger partial charge on any atom is -0.368 e. The number of aromatic nitrogens is 3. The van der Waals surface area contributed by atoms with Crippen molar-refractivity contribution in [2.24, 2.45) is 12.0 Å². The first kappa shape index (κ1) is 24.4. The largest absolute Gasteiger partial charge is 0.368 e. The van der Waals surface area contributed by atoms with Crippen molar-refractivity contribution in [3.8, 4) is 0 Å². The van der Waals surface area contributed by atoms with E-state index in [9.17, 15) is 4.79 Å². The van der Waals surface area contributed by atoms with Crippen LogP contribution in [0.2, 0.25) is 0 Å². The summed E-state index contributed by atoms with van der Waals surface area (Å²) in [5, 5.41) is 11.8. The minimum absolute atomic E-state index is 0. The highest BCUT2D eigenvalue weighted by molar-refractivity contribution is 14.0. The zero-order valence-electron chi connectivity index (χ0n) is 18.7. The van der Waals surface area contributed by atoms with E-state index in [2.05, 4.69) is 32.5 Å². The number of carbonyl (C=O) groups is 1. The fourth-order valence-electron chi connectivity index (χ4n) is 3.90. The molecule has 32 heavy (non-hydrogen) atoms. The molecule has 2 aliphatic heterocycles. The van der Waals surface area contributed by atoms with Crippen molar-refractivity contribution < 1.29 is 9.53 Å². The maximum atomic E-state index is 12.7. The number of amides is 1. The van der Waals surface area contributed by atoms with Crippen LogP contribution >= 0.6 is 24.0 Å². The van der Waals surface area contributed by atoms with E-state index in [1.54, 1.807) is 0 Å². The molecule has 1 unspecified atom stereocenters. The molecule has 9 nitrogen and oxygen atoms in total. The Morgan fingerprint density at radius 2 is 1.88 bits per heavy atom. The molecule has 1 N–H and O–H groups in total. The summed E-state index contributed by atoms with van der Waals surface area (Å²) in [7, 11) is 1.96. The molecule has 0 aliphatic carbocycles. The SMILES string of the molecule is Cc1nnc(CNC(=NCc2ccccc2)N2CCN(C(=O)C3CCCO3)CC2)n1C.I. The highest BCUT2D eigenvalue weighted by atomic mass is 127. The van der Waals surface area contributed by atoms with E-state index in [-0.39, 0.29) is 36.0 Å². The number of hydrogen-bond donors (Lipinski definition) is 1. The van der Waals surface area contributed by atoms with E-state index in [1.807, 2.05) is 41.6 Å². The standard InChI is InChI=1S/C22H31N7O2.HI/c1-17-25-26-20(27(17)2)16-24-22(23-15-18-7-4-3-5-8-18)29-12-10-28(11-13-29)21(30)19-9-6-14-31-19;/h3-5,7-8,19H,6,9-16H2,1-2H3,(H,23,24);1H. The number of guanidine groups is 1. The monoisotopic (exact) mass is 553 g/mol. The highest BCUT2D eigenvalue weighted by Gasteiger charge is 2.31. The first-order valence-corrected chi connectivity index (χ1v) is 10.9. The number of aryl methyl sites for hydroxylation is 1. The fraction of sp³-hybridized carbons (Fsp3) is 0.545. The van der Waals surface area contributed by atoms with Gasteiger partial charge in [-0.1, -0.05) is 30.3 Å². The van der Waals surface area contributed by atoms with Gasteiger partial charge in [-0.2, -0.15) is 0 Å². The van der Waals surface area contributed by atoms with Gasteiger partial charge in [0.25, 0.3) is 5.91 Å². The van der Waals surface area contributed by atoms with E-state index in [0.717, 1.165) is 49.1 Å². The van der Waals surface area contributed by atoms with Crippen LogP contribution in [0, 0.1) is 6.92 Å². The van der Waals surface area contributed by atoms with Crippen molar-refractivity contribution >= 4 is 35.8 Å². The molecule has 4 rings (SSSR count). The van der Waals surface area contributed by atoms with Crippen molar-refractivity contribution in [2.75, 3.05) is 32.8 Å². The van der Waals surface area contributed by atoms with Crippen LogP contribution in [0.3, 0.4) is 0 Å². The van der Waals surface area contributed by atoms with Gasteiger partial charge in [-0.15, -0.1) is 34.2 Å². The molecule has 0 bridgehead atoms. The number of ether oxygens (including phenoxy) is 1. The average molecular weight is 553 g/mol. The second-order valence-electron chi connectivity index (χ2n) is 8.02. The summed E-state index contributed by atoms with van der Waals surface area (Å²) in [6.45, 7) is 6.58. The number of rotatable bonds is 5. The molecule has 174 valence electrons. The van der Waals surface area contributed by atoms with Gasteiger partial charge in [-0.05, 0) is 25.3 Å². The van der Waals surface area contributed by atoms with Gasteiger partial charge in [0, 0.05) is 39.8 Å². The Labute approximate surface area is 206 Å². The van der Waals surface area contributed by atoms with Gasteiger partial charge in [0.15, 0.2) is 11.8 Å². The van der Waals surface area contributed by atoms with Crippen LogP contribution in [-0.2, 0) is 29.7 Å². The van der Waals surface area contributed by atoms with Gasteiger partial charge in [0.05, 0.1) is 13.1 Å². The fourth-order valence-corrected chi connectivity index (χ4v) is 3.90. The number of nitrogens with zero attached hydrogens (tertiary/aromatic N) is 6. The predicted molar refractivity (Wildman–Crippen MR) is 133 cm³/mol. The first-order chi connectivity index (χ1) is 15.1. The van der Waals surface area contributed by atoms with Crippen LogP contribution in [0.4, 0.5) is 0 Å². The maximum Gasteiger partial charge on any atom is 0.251 e. The van der Waals surface area contributed by atoms with Gasteiger partial charge in [-0.25, -0.2) is 4.99 Å². The van der Waals surface area contributed by atoms with Crippen LogP contribution in [0.1, 0.15) is 30.1 Å². The quantitative estimate of drug-likeness (QED) is 0.345. The topological polar surface area (TPSA) is 87.9 Å². The molecule has 2 aromatic rings. The molecule has 1 amide bonds. The molecule has 3 heterocycles. The number of piperazine rings is 1. The molecule has 2 saturated heterocycles. The first-order valence-electron chi connectivity index (χ1n) is 10.9. The van der Waals surface area contributed by atoms with Crippen LogP contribution < -0.4 is 5.32 Å². The van der Waals surface area contributed by atoms with Gasteiger partial charge in [0.1, 0.15) is 11.9 Å². The lowest BCUT2D eigenvalue weighted by molar-refractivity contribution is -0.142. The number of aliphatic imine (C=N–C) groups is 1. The van der Waals surface area contributed by atoms with Crippen molar-refractivity contribution in [3.63, 3.8) is 0 Å². The van der Waals surface area contributed by atoms with E-state index < -0.39 is 0 Å². The third-order valence-electron chi connectivity index (χ3n) is 5.94. The van der Waals surface area contributed by atoms with Crippen LogP contribution in [0.5, 0.6) is 0 Å². The normalized spacial score (nSPS) is 19.1. The lowest BCUT2D eigenvalue weighted by Gasteiger charge is -2.37. The van der Waals surface area contributed by atoms with E-state index in [1.165, 1.54) is 0 Å². The summed E-state index contributed by atoms with van der Waals surface area (Å²) in [5.41, 5.74) is 1.16. The Bertz CT molecular complexity index is 904. The lowest BCUT2D eigenvalue weighted by Crippen LogP contribution is -2.55. The summed E-state index contributed by atoms with van der Waals surface area (Å²) >= 11 is 0. The molecular formula is C22H32IN7O2. The molecule has 1 aromatic heterocycles. The number of hydrogen-bond acceptors (Lipinski definition) is 5. The molecular weight excluding hydrogens is 521 g/mol. The Morgan fingerprint density at radius 1 is 1.16 bits per heavy atom. The van der Waals surface area contributed by atoms with Crippen molar-refractivity contribution in [3.05, 3.63) is 47.5 Å². The summed E-state index contributed by atoms with van der Waals surface area (Å²) in [4.78, 5) is 21.7. The second kappa shape index (κ2) is 11.6. The Morgan fingerprint density at radius 3 is 2.50 bits per heavy atom. The summed E-state index contributed by atoms with van der Waals surface area (Å²) < 4.78 is 7.55.